The normalized spacial score (nSPS) is 18.5. The Balaban J connectivity index is 1.23. The summed E-state index contributed by atoms with van der Waals surface area (Å²) in [7, 11) is 0. The highest BCUT2D eigenvalue weighted by Crippen LogP contribution is 2.35. The van der Waals surface area contributed by atoms with Gasteiger partial charge in [0, 0.05) is 12.5 Å². The van der Waals surface area contributed by atoms with Crippen LogP contribution in [0.2, 0.25) is 0 Å². The summed E-state index contributed by atoms with van der Waals surface area (Å²) in [5.41, 5.74) is 3.25. The fourth-order valence-electron chi connectivity index (χ4n) is 6.29. The van der Waals surface area contributed by atoms with E-state index in [-0.39, 0.29) is 18.3 Å². The van der Waals surface area contributed by atoms with Crippen LogP contribution in [0.25, 0.3) is 17.1 Å². The molecule has 6 N–H and O–H groups in total. The number of rotatable bonds is 11. The molecular weight excluding hydrogens is 654 g/mol. The molecule has 1 aliphatic rings. The molecule has 0 spiro atoms. The van der Waals surface area contributed by atoms with E-state index in [1.807, 2.05) is 42.5 Å². The van der Waals surface area contributed by atoms with Crippen LogP contribution in [-0.2, 0) is 4.79 Å². The third-order valence-corrected chi connectivity index (χ3v) is 8.77. The van der Waals surface area contributed by atoms with Gasteiger partial charge in [0.25, 0.3) is 5.95 Å². The van der Waals surface area contributed by atoms with Crippen LogP contribution < -0.4 is 20.7 Å². The molecule has 3 aromatic heterocycles. The lowest BCUT2D eigenvalue weighted by Gasteiger charge is -2.20. The zero-order valence-corrected chi connectivity index (χ0v) is 27.2. The minimum atomic E-state index is -1.30. The standard InChI is InChI=1S/C36H35N9O6/c46-20-29(47)41-27-16-28(32(49)31(27)48)44-21-38-30-33(37-18-26(22-10-4-1-5-11-22)23-12-6-2-7-13-23)42-35(43-34(30)44)45-19-24(17-39-45)40-36(50)51-25-14-8-3-9-15-25/h1-15,17,19,21,26-28,31-32,46,48-49H,16,18,20H2,(H,40,50)(H,41,47)(H,37,42,43)/t27-,28+,31+,32-/m0/s1. The Bertz CT molecular complexity index is 2070. The van der Waals surface area contributed by atoms with E-state index in [0.717, 1.165) is 11.1 Å². The molecule has 15 heteroatoms. The van der Waals surface area contributed by atoms with Gasteiger partial charge < -0.3 is 35.3 Å². The van der Waals surface area contributed by atoms with Crippen molar-refractivity contribution in [3.8, 4) is 11.7 Å². The van der Waals surface area contributed by atoms with Crippen LogP contribution in [0, 0.1) is 0 Å². The number of anilines is 2. The van der Waals surface area contributed by atoms with E-state index >= 15 is 0 Å². The van der Waals surface area contributed by atoms with Gasteiger partial charge in [-0.3, -0.25) is 10.1 Å². The molecule has 7 rings (SSSR count). The molecule has 51 heavy (non-hydrogen) atoms. The second-order valence-corrected chi connectivity index (χ2v) is 12.1. The van der Waals surface area contributed by atoms with E-state index in [1.165, 1.54) is 23.4 Å². The first-order chi connectivity index (χ1) is 24.9. The van der Waals surface area contributed by atoms with Crippen molar-refractivity contribution in [2.45, 2.75) is 36.6 Å². The molecular formula is C36H35N9O6. The number of aliphatic hydroxyl groups is 3. The molecule has 3 heterocycles. The molecule has 1 fully saturated rings. The first kappa shape index (κ1) is 33.3. The number of hydrogen-bond donors (Lipinski definition) is 6. The highest BCUT2D eigenvalue weighted by Gasteiger charge is 2.44. The number of ether oxygens (including phenoxy) is 1. The molecule has 0 aliphatic heterocycles. The summed E-state index contributed by atoms with van der Waals surface area (Å²) in [4.78, 5) is 38.7. The Morgan fingerprint density at radius 2 is 1.57 bits per heavy atom. The zero-order valence-electron chi connectivity index (χ0n) is 27.2. The second-order valence-electron chi connectivity index (χ2n) is 12.1. The fourth-order valence-corrected chi connectivity index (χ4v) is 6.29. The molecule has 0 radical (unpaired) electrons. The number of aromatic nitrogens is 6. The van der Waals surface area contributed by atoms with Gasteiger partial charge in [-0.15, -0.1) is 0 Å². The lowest BCUT2D eigenvalue weighted by molar-refractivity contribution is -0.125. The highest BCUT2D eigenvalue weighted by atomic mass is 16.6. The number of nitrogens with zero attached hydrogens (tertiary/aromatic N) is 6. The van der Waals surface area contributed by atoms with Crippen molar-refractivity contribution in [2.75, 3.05) is 23.8 Å². The lowest BCUT2D eigenvalue weighted by atomic mass is 9.91. The van der Waals surface area contributed by atoms with Crippen LogP contribution in [-0.4, -0.2) is 88.0 Å². The van der Waals surface area contributed by atoms with Crippen molar-refractivity contribution in [1.29, 1.82) is 0 Å². The van der Waals surface area contributed by atoms with Crippen LogP contribution in [0.3, 0.4) is 0 Å². The van der Waals surface area contributed by atoms with E-state index in [9.17, 15) is 24.9 Å². The molecule has 6 aromatic rings. The third kappa shape index (κ3) is 7.26. The Labute approximate surface area is 291 Å². The molecule has 1 aliphatic carbocycles. The molecule has 15 nitrogen and oxygen atoms in total. The number of hydrogen-bond acceptors (Lipinski definition) is 11. The number of benzene rings is 3. The molecule has 260 valence electrons. The molecule has 3 aromatic carbocycles. The van der Waals surface area contributed by atoms with Gasteiger partial charge in [-0.2, -0.15) is 15.1 Å². The van der Waals surface area contributed by atoms with E-state index in [2.05, 4.69) is 50.3 Å². The maximum atomic E-state index is 12.6. The highest BCUT2D eigenvalue weighted by molar-refractivity contribution is 5.86. The quantitative estimate of drug-likeness (QED) is 0.117. The third-order valence-electron chi connectivity index (χ3n) is 8.77. The maximum Gasteiger partial charge on any atom is 0.417 e. The van der Waals surface area contributed by atoms with Gasteiger partial charge in [0.05, 0.1) is 36.5 Å². The van der Waals surface area contributed by atoms with Crippen molar-refractivity contribution in [2.24, 2.45) is 0 Å². The van der Waals surface area contributed by atoms with E-state index < -0.39 is 42.9 Å². The van der Waals surface area contributed by atoms with Gasteiger partial charge in [0.1, 0.15) is 24.6 Å². The van der Waals surface area contributed by atoms with Gasteiger partial charge >= 0.3 is 6.09 Å². The predicted octanol–water partition coefficient (Wildman–Crippen LogP) is 3.01. The monoisotopic (exact) mass is 689 g/mol. The van der Waals surface area contributed by atoms with E-state index in [1.54, 1.807) is 28.8 Å². The van der Waals surface area contributed by atoms with Gasteiger partial charge in [0.15, 0.2) is 17.0 Å². The Morgan fingerprint density at radius 1 is 0.902 bits per heavy atom. The molecule has 0 bridgehead atoms. The van der Waals surface area contributed by atoms with Crippen molar-refractivity contribution >= 4 is 34.7 Å². The molecule has 2 amide bonds. The van der Waals surface area contributed by atoms with Crippen molar-refractivity contribution in [1.82, 2.24) is 34.6 Å². The minimum Gasteiger partial charge on any atom is -0.410 e. The van der Waals surface area contributed by atoms with Crippen LogP contribution in [0.4, 0.5) is 16.3 Å². The average Bonchev–Trinajstić information content (AvgIpc) is 3.87. The summed E-state index contributed by atoms with van der Waals surface area (Å²) >= 11 is 0. The molecule has 0 saturated heterocycles. The Hall–Kier alpha value is -6.16. The summed E-state index contributed by atoms with van der Waals surface area (Å²) < 4.78 is 8.35. The van der Waals surface area contributed by atoms with Gasteiger partial charge in [-0.25, -0.2) is 14.5 Å². The van der Waals surface area contributed by atoms with Gasteiger partial charge in [0.2, 0.25) is 5.91 Å². The average molecular weight is 690 g/mol. The summed E-state index contributed by atoms with van der Waals surface area (Å²) in [5.74, 6) is 0.173. The van der Waals surface area contributed by atoms with Crippen molar-refractivity contribution in [3.63, 3.8) is 0 Å². The van der Waals surface area contributed by atoms with Crippen LogP contribution >= 0.6 is 0 Å². The Kier molecular flexibility index (Phi) is 9.65. The number of carbonyl (C=O) groups is 2. The zero-order chi connectivity index (χ0) is 35.3. The van der Waals surface area contributed by atoms with Crippen LogP contribution in [0.15, 0.2) is 110 Å². The number of fused-ring (bicyclic) bond motifs is 1. The van der Waals surface area contributed by atoms with Crippen molar-refractivity contribution in [3.05, 3.63) is 121 Å². The summed E-state index contributed by atoms with van der Waals surface area (Å²) in [6, 6.07) is 27.3. The number of imidazole rings is 1. The number of carbonyl (C=O) groups excluding carboxylic acids is 2. The number of para-hydroxylation sites is 1. The van der Waals surface area contributed by atoms with Gasteiger partial charge in [-0.05, 0) is 29.7 Å². The van der Waals surface area contributed by atoms with Gasteiger partial charge in [-0.1, -0.05) is 78.9 Å². The number of amides is 2. The first-order valence-electron chi connectivity index (χ1n) is 16.3. The number of aliphatic hydroxyl groups excluding tert-OH is 3. The topological polar surface area (TPSA) is 202 Å². The predicted molar refractivity (Wildman–Crippen MR) is 186 cm³/mol. The summed E-state index contributed by atoms with van der Waals surface area (Å²) in [6.07, 6.45) is 1.33. The molecule has 4 atom stereocenters. The molecule has 1 saturated carbocycles. The summed E-state index contributed by atoms with van der Waals surface area (Å²) in [6.45, 7) is -0.315. The second kappa shape index (κ2) is 14.8. The van der Waals surface area contributed by atoms with Crippen LogP contribution in [0.5, 0.6) is 5.75 Å². The summed E-state index contributed by atoms with van der Waals surface area (Å²) in [5, 5.41) is 44.1. The van der Waals surface area contributed by atoms with Crippen molar-refractivity contribution < 1.29 is 29.6 Å². The fraction of sp³-hybridized carbons (Fsp3) is 0.222. The minimum absolute atomic E-state index is 0.0539. The van der Waals surface area contributed by atoms with E-state index in [4.69, 9.17) is 14.7 Å². The Morgan fingerprint density at radius 3 is 2.24 bits per heavy atom. The maximum absolute atomic E-state index is 12.6. The first-order valence-corrected chi connectivity index (χ1v) is 16.3. The SMILES string of the molecule is O=C(CO)N[C@H]1C[C@@H](n2cnc3c(NCC(c4ccccc4)c4ccccc4)nc(-n4cc(NC(=O)Oc5ccccc5)cn4)nc32)[C@H](O)[C@@H]1O. The van der Waals surface area contributed by atoms with Crippen LogP contribution in [0.1, 0.15) is 29.5 Å². The largest absolute Gasteiger partial charge is 0.417 e. The van der Waals surface area contributed by atoms with E-state index in [0.29, 0.717) is 35.0 Å². The smallest absolute Gasteiger partial charge is 0.410 e. The number of nitrogens with one attached hydrogen (secondary N) is 3. The molecule has 0 unspecified atom stereocenters. The lowest BCUT2D eigenvalue weighted by Crippen LogP contribution is -2.44.